The van der Waals surface area contributed by atoms with Gasteiger partial charge in [-0.2, -0.15) is 4.31 Å². The third kappa shape index (κ3) is 5.22. The molecule has 1 saturated heterocycles. The third-order valence-corrected chi connectivity index (χ3v) is 8.24. The first kappa shape index (κ1) is 25.7. The number of halogens is 1. The summed E-state index contributed by atoms with van der Waals surface area (Å²) in [7, 11) is -2.47. The molecular formula is C27H30FN3O4S. The number of rotatable bonds is 6. The van der Waals surface area contributed by atoms with Crippen molar-refractivity contribution < 1.29 is 22.3 Å². The molecule has 1 atom stereocenters. The molecule has 0 spiro atoms. The maximum Gasteiger partial charge on any atom is 0.258 e. The molecule has 0 unspecified atom stereocenters. The molecule has 3 aromatic rings. The van der Waals surface area contributed by atoms with Crippen LogP contribution in [-0.2, 0) is 10.0 Å². The minimum absolute atomic E-state index is 0.0618. The maximum absolute atomic E-state index is 14.6. The molecule has 190 valence electrons. The Morgan fingerprint density at radius 2 is 1.69 bits per heavy atom. The predicted octanol–water partition coefficient (Wildman–Crippen LogP) is 4.60. The highest BCUT2D eigenvalue weighted by molar-refractivity contribution is 7.89. The number of hydrogen-bond acceptors (Lipinski definition) is 5. The summed E-state index contributed by atoms with van der Waals surface area (Å²) in [5, 5.41) is 2.63. The molecule has 1 fully saturated rings. The van der Waals surface area contributed by atoms with E-state index in [0.29, 0.717) is 18.0 Å². The first-order chi connectivity index (χ1) is 17.1. The predicted molar refractivity (Wildman–Crippen MR) is 139 cm³/mol. The molecule has 0 aromatic heterocycles. The molecule has 1 amide bonds. The topological polar surface area (TPSA) is 78.9 Å². The Bertz CT molecular complexity index is 1380. The maximum atomic E-state index is 14.6. The average Bonchev–Trinajstić information content (AvgIpc) is 2.85. The van der Waals surface area contributed by atoms with Gasteiger partial charge in [0.25, 0.3) is 5.91 Å². The Labute approximate surface area is 211 Å². The molecule has 1 aliphatic heterocycles. The minimum atomic E-state index is -3.94. The van der Waals surface area contributed by atoms with Gasteiger partial charge < -0.3 is 15.0 Å². The second-order valence-corrected chi connectivity index (χ2v) is 11.0. The standard InChI is InChI=1S/C27H30FN3O4S/c1-18-5-8-21(9-6-18)31-14-13-30(17-20(31)3)36(33,34)22-10-11-24(28)23(16-22)27(32)29-25-15-19(2)7-12-26(25)35-4/h5-12,15-16,20H,13-14,17H2,1-4H3,(H,29,32)/t20-/m1/s1. The van der Waals surface area contributed by atoms with Gasteiger partial charge in [-0.3, -0.25) is 4.79 Å². The largest absolute Gasteiger partial charge is 0.495 e. The summed E-state index contributed by atoms with van der Waals surface area (Å²) in [6, 6.07) is 16.6. The molecule has 0 aliphatic carbocycles. The number of sulfonamides is 1. The van der Waals surface area contributed by atoms with Crippen LogP contribution >= 0.6 is 0 Å². The van der Waals surface area contributed by atoms with Gasteiger partial charge in [0.15, 0.2) is 0 Å². The van der Waals surface area contributed by atoms with E-state index in [1.165, 1.54) is 17.5 Å². The van der Waals surface area contributed by atoms with E-state index in [9.17, 15) is 17.6 Å². The zero-order chi connectivity index (χ0) is 26.0. The number of carbonyl (C=O) groups is 1. The van der Waals surface area contributed by atoms with Crippen molar-refractivity contribution in [1.82, 2.24) is 4.31 Å². The Morgan fingerprint density at radius 3 is 2.36 bits per heavy atom. The van der Waals surface area contributed by atoms with E-state index in [2.05, 4.69) is 10.2 Å². The molecular weight excluding hydrogens is 481 g/mol. The van der Waals surface area contributed by atoms with Gasteiger partial charge in [0.1, 0.15) is 11.6 Å². The van der Waals surface area contributed by atoms with Gasteiger partial charge in [-0.25, -0.2) is 12.8 Å². The molecule has 0 saturated carbocycles. The van der Waals surface area contributed by atoms with Crippen LogP contribution in [0.25, 0.3) is 0 Å². The number of anilines is 2. The Balaban J connectivity index is 1.55. The van der Waals surface area contributed by atoms with E-state index < -0.39 is 21.7 Å². The lowest BCUT2D eigenvalue weighted by molar-refractivity contribution is 0.102. The van der Waals surface area contributed by atoms with Crippen LogP contribution in [0.3, 0.4) is 0 Å². The molecule has 1 aliphatic rings. The highest BCUT2D eigenvalue weighted by atomic mass is 32.2. The van der Waals surface area contributed by atoms with Gasteiger partial charge in [0.05, 0.1) is 23.3 Å². The molecule has 7 nitrogen and oxygen atoms in total. The lowest BCUT2D eigenvalue weighted by atomic mass is 10.1. The number of ether oxygens (including phenoxy) is 1. The zero-order valence-corrected chi connectivity index (χ0v) is 21.6. The number of methoxy groups -OCH3 is 1. The fourth-order valence-corrected chi connectivity index (χ4v) is 5.90. The summed E-state index contributed by atoms with van der Waals surface area (Å²) in [6.45, 7) is 6.91. The number of piperazine rings is 1. The van der Waals surface area contributed by atoms with Crippen molar-refractivity contribution >= 4 is 27.3 Å². The van der Waals surface area contributed by atoms with Crippen LogP contribution in [0.1, 0.15) is 28.4 Å². The van der Waals surface area contributed by atoms with Gasteiger partial charge in [-0.1, -0.05) is 23.8 Å². The third-order valence-electron chi connectivity index (χ3n) is 6.38. The fourth-order valence-electron chi connectivity index (χ4n) is 4.36. The van der Waals surface area contributed by atoms with Crippen LogP contribution < -0.4 is 15.0 Å². The van der Waals surface area contributed by atoms with Crippen molar-refractivity contribution in [2.45, 2.75) is 31.7 Å². The molecule has 0 bridgehead atoms. The van der Waals surface area contributed by atoms with Crippen LogP contribution in [0.4, 0.5) is 15.8 Å². The van der Waals surface area contributed by atoms with Crippen LogP contribution in [0.5, 0.6) is 5.75 Å². The minimum Gasteiger partial charge on any atom is -0.495 e. The molecule has 1 heterocycles. The quantitative estimate of drug-likeness (QED) is 0.523. The smallest absolute Gasteiger partial charge is 0.258 e. The summed E-state index contributed by atoms with van der Waals surface area (Å²) >= 11 is 0. The summed E-state index contributed by atoms with van der Waals surface area (Å²) < 4.78 is 48.2. The molecule has 36 heavy (non-hydrogen) atoms. The molecule has 9 heteroatoms. The van der Waals surface area contributed by atoms with Crippen LogP contribution in [-0.4, -0.2) is 51.4 Å². The second kappa shape index (κ2) is 10.3. The number of nitrogens with zero attached hydrogens (tertiary/aromatic N) is 2. The van der Waals surface area contributed by atoms with Crippen molar-refractivity contribution in [2.75, 3.05) is 37.0 Å². The SMILES string of the molecule is COc1ccc(C)cc1NC(=O)c1cc(S(=O)(=O)N2CCN(c3ccc(C)cc3)[C@H](C)C2)ccc1F. The molecule has 0 radical (unpaired) electrons. The van der Waals surface area contributed by atoms with E-state index in [0.717, 1.165) is 28.9 Å². The van der Waals surface area contributed by atoms with E-state index in [-0.39, 0.29) is 29.6 Å². The van der Waals surface area contributed by atoms with Crippen molar-refractivity contribution in [3.8, 4) is 5.75 Å². The van der Waals surface area contributed by atoms with E-state index in [4.69, 9.17) is 4.74 Å². The summed E-state index contributed by atoms with van der Waals surface area (Å²) in [5.41, 5.74) is 3.09. The van der Waals surface area contributed by atoms with E-state index >= 15 is 0 Å². The highest BCUT2D eigenvalue weighted by Gasteiger charge is 2.33. The average molecular weight is 512 g/mol. The van der Waals surface area contributed by atoms with Crippen molar-refractivity contribution in [2.24, 2.45) is 0 Å². The first-order valence-electron chi connectivity index (χ1n) is 11.7. The number of amides is 1. The lowest BCUT2D eigenvalue weighted by Crippen LogP contribution is -2.53. The van der Waals surface area contributed by atoms with Crippen molar-refractivity contribution in [3.05, 3.63) is 83.2 Å². The number of benzene rings is 3. The monoisotopic (exact) mass is 511 g/mol. The Morgan fingerprint density at radius 1 is 1.00 bits per heavy atom. The lowest BCUT2D eigenvalue weighted by Gasteiger charge is -2.40. The van der Waals surface area contributed by atoms with Gasteiger partial charge in [0, 0.05) is 31.4 Å². The van der Waals surface area contributed by atoms with Crippen LogP contribution in [0, 0.1) is 19.7 Å². The Hall–Kier alpha value is -3.43. The molecule has 1 N–H and O–H groups in total. The zero-order valence-electron chi connectivity index (χ0n) is 20.8. The highest BCUT2D eigenvalue weighted by Crippen LogP contribution is 2.28. The molecule has 4 rings (SSSR count). The number of nitrogens with one attached hydrogen (secondary N) is 1. The normalized spacial score (nSPS) is 16.6. The van der Waals surface area contributed by atoms with E-state index in [1.54, 1.807) is 12.1 Å². The van der Waals surface area contributed by atoms with Gasteiger partial charge in [-0.05, 0) is 68.8 Å². The van der Waals surface area contributed by atoms with Crippen molar-refractivity contribution in [1.29, 1.82) is 0 Å². The van der Waals surface area contributed by atoms with Gasteiger partial charge in [0.2, 0.25) is 10.0 Å². The van der Waals surface area contributed by atoms with E-state index in [1.807, 2.05) is 51.1 Å². The fraction of sp³-hybridized carbons (Fsp3) is 0.296. The second-order valence-electron chi connectivity index (χ2n) is 9.04. The van der Waals surface area contributed by atoms with Crippen molar-refractivity contribution in [3.63, 3.8) is 0 Å². The number of carbonyl (C=O) groups excluding carboxylic acids is 1. The summed E-state index contributed by atoms with van der Waals surface area (Å²) in [4.78, 5) is 15.0. The molecule has 3 aromatic carbocycles. The first-order valence-corrected chi connectivity index (χ1v) is 13.1. The van der Waals surface area contributed by atoms with Gasteiger partial charge >= 0.3 is 0 Å². The summed E-state index contributed by atoms with van der Waals surface area (Å²) in [6.07, 6.45) is 0. The summed E-state index contributed by atoms with van der Waals surface area (Å²) in [5.74, 6) is -1.15. The number of aryl methyl sites for hydroxylation is 2. The van der Waals surface area contributed by atoms with Gasteiger partial charge in [-0.15, -0.1) is 0 Å². The van der Waals surface area contributed by atoms with Crippen LogP contribution in [0.2, 0.25) is 0 Å². The Kier molecular flexibility index (Phi) is 7.33. The van der Waals surface area contributed by atoms with Crippen LogP contribution in [0.15, 0.2) is 65.6 Å². The number of hydrogen-bond donors (Lipinski definition) is 1.